The van der Waals surface area contributed by atoms with Gasteiger partial charge >= 0.3 is 0 Å². The van der Waals surface area contributed by atoms with Gasteiger partial charge in [-0.05, 0) is 45.3 Å². The highest BCUT2D eigenvalue weighted by atomic mass is 32.2. The van der Waals surface area contributed by atoms with Crippen LogP contribution < -0.4 is 15.4 Å². The summed E-state index contributed by atoms with van der Waals surface area (Å²) in [4.78, 5) is 6.78. The van der Waals surface area contributed by atoms with Gasteiger partial charge in [-0.1, -0.05) is 18.2 Å². The van der Waals surface area contributed by atoms with Crippen LogP contribution in [0.1, 0.15) is 37.8 Å². The van der Waals surface area contributed by atoms with Gasteiger partial charge in [0, 0.05) is 31.5 Å². The molecule has 1 fully saturated rings. The standard InChI is InChI=1S/C20H34N4O3S/c1-16(11-14-28(4,25)26)23-20(21-2)22-15-18(24-12-7-8-13-24)17-9-5-6-10-19(17)27-3/h5-6,9-10,16,18H,7-8,11-15H2,1-4H3,(H2,21,22,23). The van der Waals surface area contributed by atoms with Crippen LogP contribution in [-0.2, 0) is 9.84 Å². The van der Waals surface area contributed by atoms with Gasteiger partial charge in [0.25, 0.3) is 0 Å². The van der Waals surface area contributed by atoms with Crippen molar-refractivity contribution >= 4 is 15.8 Å². The molecular formula is C20H34N4O3S. The molecule has 0 radical (unpaired) electrons. The number of guanidine groups is 1. The first kappa shape index (κ1) is 22.5. The first-order valence-electron chi connectivity index (χ1n) is 9.86. The molecule has 1 aromatic carbocycles. The van der Waals surface area contributed by atoms with E-state index in [2.05, 4.69) is 26.6 Å². The minimum Gasteiger partial charge on any atom is -0.496 e. The molecule has 0 bridgehead atoms. The van der Waals surface area contributed by atoms with Gasteiger partial charge in [0.2, 0.25) is 0 Å². The van der Waals surface area contributed by atoms with Crippen LogP contribution in [0.4, 0.5) is 0 Å². The van der Waals surface area contributed by atoms with E-state index in [0.717, 1.165) is 18.8 Å². The Morgan fingerprint density at radius 2 is 1.96 bits per heavy atom. The minimum atomic E-state index is -2.96. The third-order valence-electron chi connectivity index (χ3n) is 5.07. The van der Waals surface area contributed by atoms with Crippen molar-refractivity contribution in [3.05, 3.63) is 29.8 Å². The molecule has 7 nitrogen and oxygen atoms in total. The average molecular weight is 411 g/mol. The van der Waals surface area contributed by atoms with Crippen LogP contribution >= 0.6 is 0 Å². The van der Waals surface area contributed by atoms with Crippen LogP contribution in [-0.4, -0.2) is 71.1 Å². The van der Waals surface area contributed by atoms with E-state index >= 15 is 0 Å². The normalized spacial score (nSPS) is 17.9. The van der Waals surface area contributed by atoms with Crippen molar-refractivity contribution in [1.29, 1.82) is 0 Å². The average Bonchev–Trinajstić information content (AvgIpc) is 3.20. The third kappa shape index (κ3) is 6.98. The Morgan fingerprint density at radius 3 is 2.57 bits per heavy atom. The number of hydrogen-bond donors (Lipinski definition) is 2. The molecule has 1 heterocycles. The lowest BCUT2D eigenvalue weighted by Crippen LogP contribution is -2.46. The van der Waals surface area contributed by atoms with Gasteiger partial charge in [0.15, 0.2) is 5.96 Å². The summed E-state index contributed by atoms with van der Waals surface area (Å²) in [6.07, 6.45) is 4.23. The zero-order valence-corrected chi connectivity index (χ0v) is 18.3. The summed E-state index contributed by atoms with van der Waals surface area (Å²) in [5, 5.41) is 6.71. The van der Waals surface area contributed by atoms with E-state index in [1.165, 1.54) is 24.7 Å². The van der Waals surface area contributed by atoms with Crippen molar-refractivity contribution in [3.63, 3.8) is 0 Å². The summed E-state index contributed by atoms with van der Waals surface area (Å²) >= 11 is 0. The highest BCUT2D eigenvalue weighted by Gasteiger charge is 2.26. The molecule has 8 heteroatoms. The quantitative estimate of drug-likeness (QED) is 0.477. The van der Waals surface area contributed by atoms with Crippen LogP contribution in [0.15, 0.2) is 29.3 Å². The first-order valence-corrected chi connectivity index (χ1v) is 11.9. The second-order valence-electron chi connectivity index (χ2n) is 7.42. The van der Waals surface area contributed by atoms with Gasteiger partial charge < -0.3 is 15.4 Å². The molecule has 2 atom stereocenters. The second kappa shape index (κ2) is 10.7. The van der Waals surface area contributed by atoms with E-state index in [1.54, 1.807) is 14.2 Å². The summed E-state index contributed by atoms with van der Waals surface area (Å²) < 4.78 is 28.3. The summed E-state index contributed by atoms with van der Waals surface area (Å²) in [6.45, 7) is 4.80. The predicted molar refractivity (Wildman–Crippen MR) is 115 cm³/mol. The van der Waals surface area contributed by atoms with E-state index in [-0.39, 0.29) is 17.8 Å². The summed E-state index contributed by atoms with van der Waals surface area (Å²) in [5.41, 5.74) is 1.17. The smallest absolute Gasteiger partial charge is 0.191 e. The molecule has 0 spiro atoms. The Balaban J connectivity index is 2.03. The summed E-state index contributed by atoms with van der Waals surface area (Å²) in [7, 11) is 0.471. The van der Waals surface area contributed by atoms with E-state index in [0.29, 0.717) is 18.9 Å². The van der Waals surface area contributed by atoms with Gasteiger partial charge in [-0.15, -0.1) is 0 Å². The van der Waals surface area contributed by atoms with E-state index in [1.807, 2.05) is 25.1 Å². The Bertz CT molecular complexity index is 746. The Labute approximate surface area is 169 Å². The molecule has 0 aromatic heterocycles. The highest BCUT2D eigenvalue weighted by molar-refractivity contribution is 7.90. The van der Waals surface area contributed by atoms with Gasteiger partial charge in [-0.25, -0.2) is 8.42 Å². The Morgan fingerprint density at radius 1 is 1.29 bits per heavy atom. The number of hydrogen-bond acceptors (Lipinski definition) is 5. The van der Waals surface area contributed by atoms with Crippen LogP contribution in [0.5, 0.6) is 5.75 Å². The van der Waals surface area contributed by atoms with Gasteiger partial charge in [0.1, 0.15) is 15.6 Å². The van der Waals surface area contributed by atoms with Crippen LogP contribution in [0.3, 0.4) is 0 Å². The molecule has 2 N–H and O–H groups in total. The number of nitrogens with zero attached hydrogens (tertiary/aromatic N) is 2. The van der Waals surface area contributed by atoms with Crippen LogP contribution in [0.2, 0.25) is 0 Å². The number of benzene rings is 1. The molecule has 1 aromatic rings. The SMILES string of the molecule is CN=C(NCC(c1ccccc1OC)N1CCCC1)NC(C)CCS(C)(=O)=O. The monoisotopic (exact) mass is 410 g/mol. The predicted octanol–water partition coefficient (Wildman–Crippen LogP) is 1.82. The molecule has 1 aliphatic heterocycles. The highest BCUT2D eigenvalue weighted by Crippen LogP contribution is 2.31. The second-order valence-corrected chi connectivity index (χ2v) is 9.68. The number of aliphatic imine (C=N–C) groups is 1. The first-order chi connectivity index (χ1) is 13.3. The number of ether oxygens (including phenoxy) is 1. The summed E-state index contributed by atoms with van der Waals surface area (Å²) in [6, 6.07) is 8.34. The maximum absolute atomic E-state index is 11.4. The fourth-order valence-electron chi connectivity index (χ4n) is 3.52. The lowest BCUT2D eigenvalue weighted by Gasteiger charge is -2.30. The van der Waals surface area contributed by atoms with Gasteiger partial charge in [-0.3, -0.25) is 9.89 Å². The lowest BCUT2D eigenvalue weighted by molar-refractivity contribution is 0.239. The largest absolute Gasteiger partial charge is 0.496 e. The fraction of sp³-hybridized carbons (Fsp3) is 0.650. The third-order valence-corrected chi connectivity index (χ3v) is 6.05. The number of likely N-dealkylation sites (tertiary alicyclic amines) is 1. The molecule has 0 aliphatic carbocycles. The molecule has 28 heavy (non-hydrogen) atoms. The van der Waals surface area contributed by atoms with Crippen molar-refractivity contribution in [2.75, 3.05) is 45.8 Å². The zero-order valence-electron chi connectivity index (χ0n) is 17.4. The van der Waals surface area contributed by atoms with E-state index in [4.69, 9.17) is 4.74 Å². The lowest BCUT2D eigenvalue weighted by atomic mass is 10.0. The number of nitrogens with one attached hydrogen (secondary N) is 2. The van der Waals surface area contributed by atoms with Crippen LogP contribution in [0.25, 0.3) is 0 Å². The Hall–Kier alpha value is -1.80. The number of rotatable bonds is 9. The number of para-hydroxylation sites is 1. The molecule has 0 amide bonds. The van der Waals surface area contributed by atoms with E-state index in [9.17, 15) is 8.42 Å². The molecule has 2 unspecified atom stereocenters. The minimum absolute atomic E-state index is 0.0115. The van der Waals surface area contributed by atoms with Crippen LogP contribution in [0, 0.1) is 0 Å². The number of sulfone groups is 1. The fourth-order valence-corrected chi connectivity index (χ4v) is 4.30. The molecular weight excluding hydrogens is 376 g/mol. The van der Waals surface area contributed by atoms with Crippen molar-refractivity contribution in [1.82, 2.24) is 15.5 Å². The van der Waals surface area contributed by atoms with Crippen molar-refractivity contribution in [2.24, 2.45) is 4.99 Å². The topological polar surface area (TPSA) is 83.0 Å². The molecule has 1 aliphatic rings. The van der Waals surface area contributed by atoms with Gasteiger partial charge in [0.05, 0.1) is 18.9 Å². The Kier molecular flexibility index (Phi) is 8.57. The number of methoxy groups -OCH3 is 1. The summed E-state index contributed by atoms with van der Waals surface area (Å²) in [5.74, 6) is 1.74. The maximum atomic E-state index is 11.4. The van der Waals surface area contributed by atoms with E-state index < -0.39 is 9.84 Å². The molecule has 0 saturated carbocycles. The molecule has 2 rings (SSSR count). The maximum Gasteiger partial charge on any atom is 0.191 e. The van der Waals surface area contributed by atoms with Crippen molar-refractivity contribution in [2.45, 2.75) is 38.3 Å². The zero-order chi connectivity index (χ0) is 20.6. The van der Waals surface area contributed by atoms with Gasteiger partial charge in [-0.2, -0.15) is 0 Å². The molecule has 158 valence electrons. The van der Waals surface area contributed by atoms with Crippen molar-refractivity contribution < 1.29 is 13.2 Å². The molecule has 1 saturated heterocycles. The van der Waals surface area contributed by atoms with Crippen molar-refractivity contribution in [3.8, 4) is 5.75 Å².